The summed E-state index contributed by atoms with van der Waals surface area (Å²) in [6.07, 6.45) is 0.996. The molecule has 1 fully saturated rings. The third-order valence-electron chi connectivity index (χ3n) is 3.18. The third kappa shape index (κ3) is 3.75. The molecule has 1 aliphatic heterocycles. The van der Waals surface area contributed by atoms with Gasteiger partial charge in [-0.3, -0.25) is 4.79 Å². The Morgan fingerprint density at radius 2 is 2.16 bits per heavy atom. The molecule has 1 aromatic carbocycles. The molecule has 1 aromatic rings. The van der Waals surface area contributed by atoms with Gasteiger partial charge in [0.05, 0.1) is 11.2 Å². The molecule has 1 amide bonds. The van der Waals surface area contributed by atoms with Gasteiger partial charge in [0.1, 0.15) is 5.82 Å². The lowest BCUT2D eigenvalue weighted by Crippen LogP contribution is -2.46. The molecule has 0 spiro atoms. The zero-order valence-electron chi connectivity index (χ0n) is 10.3. The molecule has 0 aliphatic carbocycles. The molecular formula is C13H15BrFNO3. The molecule has 1 heterocycles. The highest BCUT2D eigenvalue weighted by Gasteiger charge is 2.30. The fraction of sp³-hybridized carbons (Fsp3) is 0.462. The summed E-state index contributed by atoms with van der Waals surface area (Å²) in [4.78, 5) is 12.0. The van der Waals surface area contributed by atoms with Crippen LogP contribution in [0.5, 0.6) is 0 Å². The van der Waals surface area contributed by atoms with Gasteiger partial charge in [-0.05, 0) is 34.1 Å². The lowest BCUT2D eigenvalue weighted by atomic mass is 9.94. The maximum Gasteiger partial charge on any atom is 0.252 e. The lowest BCUT2D eigenvalue weighted by molar-refractivity contribution is -0.0605. The summed E-state index contributed by atoms with van der Waals surface area (Å²) in [5, 5.41) is 12.9. The van der Waals surface area contributed by atoms with Crippen molar-refractivity contribution >= 4 is 21.8 Å². The normalized spacial score (nSPS) is 18.1. The zero-order valence-corrected chi connectivity index (χ0v) is 11.9. The number of rotatable bonds is 3. The van der Waals surface area contributed by atoms with Crippen LogP contribution in [-0.4, -0.2) is 36.4 Å². The van der Waals surface area contributed by atoms with E-state index in [4.69, 9.17) is 4.74 Å². The van der Waals surface area contributed by atoms with Gasteiger partial charge in [0, 0.05) is 37.1 Å². The number of hydrogen-bond acceptors (Lipinski definition) is 3. The van der Waals surface area contributed by atoms with Crippen molar-refractivity contribution in [2.45, 2.75) is 18.4 Å². The number of benzene rings is 1. The average Bonchev–Trinajstić information content (AvgIpc) is 2.37. The molecule has 2 N–H and O–H groups in total. The molecule has 2 rings (SSSR count). The predicted molar refractivity (Wildman–Crippen MR) is 71.4 cm³/mol. The maximum atomic E-state index is 12.9. The predicted octanol–water partition coefficient (Wildman–Crippen LogP) is 1.86. The molecule has 0 atom stereocenters. The molecule has 0 aromatic heterocycles. The number of aliphatic hydroxyl groups is 1. The summed E-state index contributed by atoms with van der Waals surface area (Å²) in [7, 11) is 0. The van der Waals surface area contributed by atoms with E-state index in [9.17, 15) is 14.3 Å². The van der Waals surface area contributed by atoms with Crippen LogP contribution < -0.4 is 5.32 Å². The van der Waals surface area contributed by atoms with Crippen molar-refractivity contribution in [1.29, 1.82) is 0 Å². The van der Waals surface area contributed by atoms with Crippen LogP contribution in [0.1, 0.15) is 23.2 Å². The van der Waals surface area contributed by atoms with Crippen LogP contribution in [0.25, 0.3) is 0 Å². The van der Waals surface area contributed by atoms with E-state index in [1.54, 1.807) is 0 Å². The number of halogens is 2. The number of carbonyl (C=O) groups excluding carboxylic acids is 1. The van der Waals surface area contributed by atoms with Crippen molar-refractivity contribution in [2.24, 2.45) is 0 Å². The number of ether oxygens (including phenoxy) is 1. The molecule has 6 heteroatoms. The first-order chi connectivity index (χ1) is 9.00. The Kier molecular flexibility index (Phi) is 4.54. The number of nitrogens with one attached hydrogen (secondary N) is 1. The van der Waals surface area contributed by atoms with Gasteiger partial charge in [-0.2, -0.15) is 0 Å². The smallest absolute Gasteiger partial charge is 0.252 e. The minimum Gasteiger partial charge on any atom is -0.388 e. The number of amides is 1. The second kappa shape index (κ2) is 5.98. The topological polar surface area (TPSA) is 58.6 Å². The Bertz CT molecular complexity index is 475. The Hall–Kier alpha value is -0.980. The van der Waals surface area contributed by atoms with Crippen molar-refractivity contribution in [2.75, 3.05) is 19.8 Å². The number of hydrogen-bond donors (Lipinski definition) is 2. The van der Waals surface area contributed by atoms with Crippen molar-refractivity contribution in [3.05, 3.63) is 34.1 Å². The van der Waals surface area contributed by atoms with Gasteiger partial charge in [0.25, 0.3) is 5.91 Å². The molecular weight excluding hydrogens is 317 g/mol. The van der Waals surface area contributed by atoms with Crippen LogP contribution in [0.2, 0.25) is 0 Å². The summed E-state index contributed by atoms with van der Waals surface area (Å²) < 4.78 is 18.5. The summed E-state index contributed by atoms with van der Waals surface area (Å²) >= 11 is 3.14. The molecule has 0 saturated carbocycles. The van der Waals surface area contributed by atoms with E-state index in [0.29, 0.717) is 36.1 Å². The quantitative estimate of drug-likeness (QED) is 0.888. The van der Waals surface area contributed by atoms with Gasteiger partial charge in [0.15, 0.2) is 0 Å². The van der Waals surface area contributed by atoms with Crippen LogP contribution in [0.4, 0.5) is 4.39 Å². The van der Waals surface area contributed by atoms with Crippen LogP contribution >= 0.6 is 15.9 Å². The Balaban J connectivity index is 1.97. The second-order valence-corrected chi connectivity index (χ2v) is 5.50. The Labute approximate surface area is 119 Å². The van der Waals surface area contributed by atoms with Crippen LogP contribution in [0.3, 0.4) is 0 Å². The van der Waals surface area contributed by atoms with Crippen LogP contribution in [0, 0.1) is 5.82 Å². The SMILES string of the molecule is O=C(NCC1(O)CCOCC1)c1ccc(F)cc1Br. The second-order valence-electron chi connectivity index (χ2n) is 4.64. The van der Waals surface area contributed by atoms with Gasteiger partial charge in [-0.25, -0.2) is 4.39 Å². The van der Waals surface area contributed by atoms with E-state index < -0.39 is 11.4 Å². The average molecular weight is 332 g/mol. The minimum atomic E-state index is -0.916. The first-order valence-electron chi connectivity index (χ1n) is 6.04. The van der Waals surface area contributed by atoms with E-state index in [1.807, 2.05) is 0 Å². The van der Waals surface area contributed by atoms with Gasteiger partial charge >= 0.3 is 0 Å². The summed E-state index contributed by atoms with van der Waals surface area (Å²) in [6, 6.07) is 3.86. The van der Waals surface area contributed by atoms with E-state index >= 15 is 0 Å². The highest BCUT2D eigenvalue weighted by molar-refractivity contribution is 9.10. The molecule has 104 valence electrons. The van der Waals surface area contributed by atoms with E-state index in [0.717, 1.165) is 0 Å². The fourth-order valence-electron chi connectivity index (χ4n) is 1.94. The van der Waals surface area contributed by atoms with Gasteiger partial charge in [0.2, 0.25) is 0 Å². The van der Waals surface area contributed by atoms with Crippen LogP contribution in [0.15, 0.2) is 22.7 Å². The van der Waals surface area contributed by atoms with Gasteiger partial charge in [-0.15, -0.1) is 0 Å². The fourth-order valence-corrected chi connectivity index (χ4v) is 2.47. The maximum absolute atomic E-state index is 12.9. The summed E-state index contributed by atoms with van der Waals surface area (Å²) in [5.74, 6) is -0.752. The lowest BCUT2D eigenvalue weighted by Gasteiger charge is -2.32. The summed E-state index contributed by atoms with van der Waals surface area (Å²) in [6.45, 7) is 1.15. The Morgan fingerprint density at radius 1 is 1.47 bits per heavy atom. The highest BCUT2D eigenvalue weighted by atomic mass is 79.9. The first-order valence-corrected chi connectivity index (χ1v) is 6.83. The van der Waals surface area contributed by atoms with Crippen molar-refractivity contribution < 1.29 is 19.0 Å². The van der Waals surface area contributed by atoms with E-state index in [1.165, 1.54) is 18.2 Å². The third-order valence-corrected chi connectivity index (χ3v) is 3.83. The molecule has 0 bridgehead atoms. The molecule has 1 saturated heterocycles. The molecule has 0 unspecified atom stereocenters. The van der Waals surface area contributed by atoms with Crippen molar-refractivity contribution in [3.8, 4) is 0 Å². The molecule has 4 nitrogen and oxygen atoms in total. The summed E-state index contributed by atoms with van der Waals surface area (Å²) in [5.41, 5.74) is -0.572. The standard InChI is InChI=1S/C13H15BrFNO3/c14-11-7-9(15)1-2-10(11)12(17)16-8-13(18)3-5-19-6-4-13/h1-2,7,18H,3-6,8H2,(H,16,17). The van der Waals surface area contributed by atoms with Crippen LogP contribution in [-0.2, 0) is 4.74 Å². The number of carbonyl (C=O) groups is 1. The monoisotopic (exact) mass is 331 g/mol. The van der Waals surface area contributed by atoms with Gasteiger partial charge < -0.3 is 15.2 Å². The van der Waals surface area contributed by atoms with E-state index in [-0.39, 0.29) is 12.5 Å². The molecule has 19 heavy (non-hydrogen) atoms. The largest absolute Gasteiger partial charge is 0.388 e. The zero-order chi connectivity index (χ0) is 13.9. The Morgan fingerprint density at radius 3 is 2.79 bits per heavy atom. The van der Waals surface area contributed by atoms with Crippen molar-refractivity contribution in [3.63, 3.8) is 0 Å². The van der Waals surface area contributed by atoms with Gasteiger partial charge in [-0.1, -0.05) is 0 Å². The minimum absolute atomic E-state index is 0.166. The van der Waals surface area contributed by atoms with E-state index in [2.05, 4.69) is 21.2 Å². The molecule has 1 aliphatic rings. The highest BCUT2D eigenvalue weighted by Crippen LogP contribution is 2.21. The molecule has 0 radical (unpaired) electrons. The first kappa shape index (κ1) is 14.4. The van der Waals surface area contributed by atoms with Crippen molar-refractivity contribution in [1.82, 2.24) is 5.32 Å².